The van der Waals surface area contributed by atoms with E-state index in [2.05, 4.69) is 0 Å². The molecule has 1 aromatic heterocycles. The van der Waals surface area contributed by atoms with Gasteiger partial charge in [-0.05, 0) is 11.7 Å². The molecule has 0 bridgehead atoms. The lowest BCUT2D eigenvalue weighted by Crippen LogP contribution is -2.15. The first-order valence-corrected chi connectivity index (χ1v) is 3.65. The molecule has 4 nitrogen and oxygen atoms in total. The van der Waals surface area contributed by atoms with Crippen molar-refractivity contribution in [3.8, 4) is 5.75 Å². The van der Waals surface area contributed by atoms with E-state index in [0.717, 1.165) is 12.3 Å². The third-order valence-corrected chi connectivity index (χ3v) is 1.62. The predicted octanol–water partition coefficient (Wildman–Crippen LogP) is 0.283. The summed E-state index contributed by atoms with van der Waals surface area (Å²) < 4.78 is 0.703. The minimum Gasteiger partial charge on any atom is -0.869 e. The van der Waals surface area contributed by atoms with Gasteiger partial charge in [0.1, 0.15) is 0 Å². The fourth-order valence-electron chi connectivity index (χ4n) is 0.952. The van der Waals surface area contributed by atoms with Gasteiger partial charge in [-0.3, -0.25) is 4.79 Å². The second-order valence-corrected chi connectivity index (χ2v) is 2.93. The Morgan fingerprint density at radius 1 is 1.58 bits per heavy atom. The molecule has 66 valence electrons. The van der Waals surface area contributed by atoms with Crippen LogP contribution in [0.4, 0.5) is 0 Å². The highest BCUT2D eigenvalue weighted by molar-refractivity contribution is 5.19. The van der Waals surface area contributed by atoms with Crippen molar-refractivity contribution in [2.75, 3.05) is 0 Å². The lowest BCUT2D eigenvalue weighted by atomic mass is 10.1. The number of nitrogens with zero attached hydrogens (tertiary/aromatic N) is 1. The van der Waals surface area contributed by atoms with E-state index >= 15 is 0 Å². The van der Waals surface area contributed by atoms with Crippen molar-refractivity contribution < 1.29 is 10.3 Å². The van der Waals surface area contributed by atoms with Crippen molar-refractivity contribution >= 4 is 0 Å². The Labute approximate surface area is 69.7 Å². The van der Waals surface area contributed by atoms with E-state index < -0.39 is 11.2 Å². The molecule has 0 radical (unpaired) electrons. The van der Waals surface area contributed by atoms with Crippen LogP contribution < -0.4 is 10.5 Å². The van der Waals surface area contributed by atoms with Crippen molar-refractivity contribution in [2.24, 2.45) is 0 Å². The van der Waals surface area contributed by atoms with Gasteiger partial charge in [0.05, 0.1) is 5.69 Å². The minimum atomic E-state index is -0.693. The minimum absolute atomic E-state index is 0.0169. The van der Waals surface area contributed by atoms with Gasteiger partial charge in [-0.15, -0.1) is 0 Å². The van der Waals surface area contributed by atoms with E-state index in [4.69, 9.17) is 5.21 Å². The molecule has 0 unspecified atom stereocenters. The number of hydrogen-bond donors (Lipinski definition) is 1. The van der Waals surface area contributed by atoms with Crippen molar-refractivity contribution in [3.63, 3.8) is 0 Å². The summed E-state index contributed by atoms with van der Waals surface area (Å²) >= 11 is 0. The summed E-state index contributed by atoms with van der Waals surface area (Å²) in [6, 6.07) is 1.16. The maximum Gasteiger partial charge on any atom is 0.174 e. The second kappa shape index (κ2) is 2.89. The Kier molecular flexibility index (Phi) is 2.08. The summed E-state index contributed by atoms with van der Waals surface area (Å²) in [6.07, 6.45) is 0.887. The van der Waals surface area contributed by atoms with Crippen LogP contribution in [0.25, 0.3) is 0 Å². The number of pyridine rings is 1. The second-order valence-electron chi connectivity index (χ2n) is 2.93. The molecule has 4 heteroatoms. The number of hydrogen-bond acceptors (Lipinski definition) is 3. The number of rotatable bonds is 1. The van der Waals surface area contributed by atoms with Gasteiger partial charge >= 0.3 is 0 Å². The maximum absolute atomic E-state index is 10.9. The average Bonchev–Trinajstić information content (AvgIpc) is 1.96. The van der Waals surface area contributed by atoms with Gasteiger partial charge in [0.2, 0.25) is 0 Å². The zero-order valence-electron chi connectivity index (χ0n) is 6.94. The van der Waals surface area contributed by atoms with Gasteiger partial charge in [-0.25, -0.2) is 0 Å². The van der Waals surface area contributed by atoms with Gasteiger partial charge in [0.25, 0.3) is 0 Å². The molecule has 1 N–H and O–H groups in total. The van der Waals surface area contributed by atoms with Crippen LogP contribution in [0.5, 0.6) is 5.75 Å². The monoisotopic (exact) mass is 168 g/mol. The largest absolute Gasteiger partial charge is 0.869 e. The first kappa shape index (κ1) is 8.64. The molecule has 0 aliphatic carbocycles. The molecule has 0 amide bonds. The Hall–Kier alpha value is -1.45. The van der Waals surface area contributed by atoms with E-state index in [0.29, 0.717) is 10.4 Å². The Bertz CT molecular complexity index is 341. The average molecular weight is 168 g/mol. The van der Waals surface area contributed by atoms with Crippen LogP contribution in [0.2, 0.25) is 0 Å². The first-order chi connectivity index (χ1) is 5.52. The van der Waals surface area contributed by atoms with Crippen LogP contribution >= 0.6 is 0 Å². The third-order valence-electron chi connectivity index (χ3n) is 1.62. The van der Waals surface area contributed by atoms with Crippen LogP contribution in [-0.2, 0) is 0 Å². The Balaban J connectivity index is 3.33. The molecular weight excluding hydrogens is 158 g/mol. The van der Waals surface area contributed by atoms with E-state index in [9.17, 15) is 9.90 Å². The SMILES string of the molecule is CC(C)c1cc(=O)c([O-])cn1O. The van der Waals surface area contributed by atoms with Gasteiger partial charge in [-0.2, -0.15) is 4.73 Å². The van der Waals surface area contributed by atoms with Crippen LogP contribution in [0, 0.1) is 0 Å². The van der Waals surface area contributed by atoms with Crippen LogP contribution in [0.15, 0.2) is 17.1 Å². The fraction of sp³-hybridized carbons (Fsp3) is 0.375. The molecule has 0 saturated heterocycles. The van der Waals surface area contributed by atoms with E-state index in [1.807, 2.05) is 13.8 Å². The molecule has 0 saturated carbocycles. The molecule has 12 heavy (non-hydrogen) atoms. The smallest absolute Gasteiger partial charge is 0.174 e. The number of aromatic nitrogens is 1. The van der Waals surface area contributed by atoms with Crippen molar-refractivity contribution in [1.29, 1.82) is 0 Å². The normalized spacial score (nSPS) is 10.6. The van der Waals surface area contributed by atoms with Gasteiger partial charge in [0.15, 0.2) is 5.43 Å². The summed E-state index contributed by atoms with van der Waals surface area (Å²) in [4.78, 5) is 10.9. The molecule has 1 aromatic rings. The quantitative estimate of drug-likeness (QED) is 0.612. The van der Waals surface area contributed by atoms with E-state index in [-0.39, 0.29) is 5.92 Å². The maximum atomic E-state index is 10.9. The summed E-state index contributed by atoms with van der Waals surface area (Å²) in [7, 11) is 0. The van der Waals surface area contributed by atoms with Crippen LogP contribution in [0.3, 0.4) is 0 Å². The molecular formula is C8H10NO3-. The van der Waals surface area contributed by atoms with Crippen molar-refractivity contribution in [1.82, 2.24) is 4.73 Å². The standard InChI is InChI=1S/C8H11NO3/c1-5(2)6-3-7(10)8(11)4-9(6)12/h3-5,11-12H,1-2H3/p-1. The highest BCUT2D eigenvalue weighted by Gasteiger charge is 2.04. The molecule has 1 rings (SSSR count). The molecule has 0 spiro atoms. The summed E-state index contributed by atoms with van der Waals surface area (Å²) in [5.41, 5.74) is -0.136. The van der Waals surface area contributed by atoms with Gasteiger partial charge < -0.3 is 10.3 Å². The van der Waals surface area contributed by atoms with Crippen LogP contribution in [0.1, 0.15) is 25.5 Å². The first-order valence-electron chi connectivity index (χ1n) is 3.65. The predicted molar refractivity (Wildman–Crippen MR) is 41.4 cm³/mol. The Morgan fingerprint density at radius 2 is 2.17 bits per heavy atom. The van der Waals surface area contributed by atoms with Gasteiger partial charge in [-0.1, -0.05) is 13.8 Å². The topological polar surface area (TPSA) is 65.3 Å². The van der Waals surface area contributed by atoms with Crippen LogP contribution in [-0.4, -0.2) is 9.94 Å². The fourth-order valence-corrected chi connectivity index (χ4v) is 0.952. The summed E-state index contributed by atoms with van der Waals surface area (Å²) in [5, 5.41) is 19.9. The molecule has 0 aliphatic heterocycles. The lowest BCUT2D eigenvalue weighted by Gasteiger charge is -2.12. The van der Waals surface area contributed by atoms with E-state index in [1.54, 1.807) is 0 Å². The van der Waals surface area contributed by atoms with Gasteiger partial charge in [0, 0.05) is 12.3 Å². The summed E-state index contributed by atoms with van der Waals surface area (Å²) in [6.45, 7) is 3.65. The lowest BCUT2D eigenvalue weighted by molar-refractivity contribution is -0.271. The Morgan fingerprint density at radius 3 is 2.67 bits per heavy atom. The van der Waals surface area contributed by atoms with E-state index in [1.165, 1.54) is 0 Å². The third kappa shape index (κ3) is 1.42. The molecule has 0 atom stereocenters. The summed E-state index contributed by atoms with van der Waals surface area (Å²) in [5.74, 6) is -0.676. The molecule has 0 aromatic carbocycles. The zero-order chi connectivity index (χ0) is 9.30. The highest BCUT2D eigenvalue weighted by atomic mass is 16.5. The molecule has 0 aliphatic rings. The highest BCUT2D eigenvalue weighted by Crippen LogP contribution is 2.11. The van der Waals surface area contributed by atoms with Crippen molar-refractivity contribution in [3.05, 3.63) is 28.2 Å². The zero-order valence-corrected chi connectivity index (χ0v) is 6.94. The van der Waals surface area contributed by atoms with Crippen molar-refractivity contribution in [2.45, 2.75) is 19.8 Å². The molecule has 0 fully saturated rings. The molecule has 1 heterocycles.